The van der Waals surface area contributed by atoms with E-state index in [1.54, 1.807) is 0 Å². The summed E-state index contributed by atoms with van der Waals surface area (Å²) in [6.07, 6.45) is -12.8. The third kappa shape index (κ3) is 16.2. The molecule has 0 N–H and O–H groups in total. The Hall–Kier alpha value is -4.17. The van der Waals surface area contributed by atoms with E-state index in [1.807, 2.05) is 0 Å². The van der Waals surface area contributed by atoms with Crippen molar-refractivity contribution in [3.63, 3.8) is 0 Å². The van der Waals surface area contributed by atoms with Crippen molar-refractivity contribution in [2.45, 2.75) is 142 Å². The molecule has 0 aromatic rings. The Bertz CT molecular complexity index is 1510. The van der Waals surface area contributed by atoms with Gasteiger partial charge >= 0.3 is 55.4 Å². The van der Waals surface area contributed by atoms with Crippen LogP contribution < -0.4 is 0 Å². The summed E-state index contributed by atoms with van der Waals surface area (Å²) in [6.45, 7) is 8.00. The minimum atomic E-state index is -3.78. The van der Waals surface area contributed by atoms with Gasteiger partial charge in [0.2, 0.25) is 0 Å². The summed E-state index contributed by atoms with van der Waals surface area (Å²) < 4.78 is 80.1. The minimum Gasteiger partial charge on any atom is -0.463 e. The largest absolute Gasteiger partial charge is 0.463 e. The maximum Gasteiger partial charge on any atom is 0.330 e. The second kappa shape index (κ2) is 23.4. The van der Waals surface area contributed by atoms with E-state index >= 15 is 0 Å². The van der Waals surface area contributed by atoms with Gasteiger partial charge in [-0.2, -0.15) is 0 Å². The van der Waals surface area contributed by atoms with E-state index in [2.05, 4.69) is 0 Å². The highest BCUT2D eigenvalue weighted by Gasteiger charge is 2.54. The standard InChI is InChI=1S/C36H55O21P/c1-18(37)48-15-29-33(52-22(5)41)35(54-24(7)43)31(50-20(3)39)27(56-29)13-11-12-26(17-58(45,46-9)47-10)14-28-32(51-21(4)40)36(55-25(8)44)34(53-23(6)42)30(57-28)16-49-19(2)38/h26-36H,11-17H2,1-10H3/t26?,27-,28-,29-,30-,31+,32+,33+,34+,35-,36-/m1/s1. The first-order valence-corrected chi connectivity index (χ1v) is 20.1. The highest BCUT2D eigenvalue weighted by Crippen LogP contribution is 2.50. The highest BCUT2D eigenvalue weighted by molar-refractivity contribution is 7.53. The second-order valence-electron chi connectivity index (χ2n) is 13.7. The van der Waals surface area contributed by atoms with Gasteiger partial charge in [-0.1, -0.05) is 6.42 Å². The first-order chi connectivity index (χ1) is 27.1. The number of rotatable bonds is 20. The second-order valence-corrected chi connectivity index (χ2v) is 16.0. The van der Waals surface area contributed by atoms with Crippen molar-refractivity contribution in [2.75, 3.05) is 33.6 Å². The van der Waals surface area contributed by atoms with Gasteiger partial charge < -0.3 is 56.4 Å². The van der Waals surface area contributed by atoms with Crippen LogP contribution in [0.1, 0.15) is 81.1 Å². The number of carbonyl (C=O) groups is 8. The van der Waals surface area contributed by atoms with Gasteiger partial charge in [0.05, 0.1) is 18.4 Å². The Morgan fingerprint density at radius 1 is 0.483 bits per heavy atom. The summed E-state index contributed by atoms with van der Waals surface area (Å²) in [6, 6.07) is 0. The van der Waals surface area contributed by atoms with Gasteiger partial charge in [-0.3, -0.25) is 42.9 Å². The van der Waals surface area contributed by atoms with Crippen LogP contribution >= 0.6 is 7.60 Å². The van der Waals surface area contributed by atoms with Crippen LogP contribution in [0.3, 0.4) is 0 Å². The Morgan fingerprint density at radius 3 is 1.16 bits per heavy atom. The lowest BCUT2D eigenvalue weighted by Crippen LogP contribution is -2.62. The molecule has 0 aromatic heterocycles. The molecule has 58 heavy (non-hydrogen) atoms. The van der Waals surface area contributed by atoms with Crippen LogP contribution in [0.5, 0.6) is 0 Å². The Morgan fingerprint density at radius 2 is 0.810 bits per heavy atom. The topological polar surface area (TPSA) is 264 Å². The van der Waals surface area contributed by atoms with Crippen molar-refractivity contribution >= 4 is 55.4 Å². The zero-order chi connectivity index (χ0) is 43.9. The van der Waals surface area contributed by atoms with Gasteiger partial charge in [0.1, 0.15) is 25.4 Å². The van der Waals surface area contributed by atoms with Gasteiger partial charge in [-0.25, -0.2) is 0 Å². The summed E-state index contributed by atoms with van der Waals surface area (Å²) in [5.41, 5.74) is 0. The minimum absolute atomic E-state index is 0.0540. The molecule has 22 heteroatoms. The molecule has 2 fully saturated rings. The number of hydrogen-bond donors (Lipinski definition) is 0. The van der Waals surface area contributed by atoms with Gasteiger partial charge in [-0.05, 0) is 25.2 Å². The molecule has 1 unspecified atom stereocenters. The fourth-order valence-corrected chi connectivity index (χ4v) is 8.23. The molecule has 0 radical (unpaired) electrons. The van der Waals surface area contributed by atoms with Crippen molar-refractivity contribution in [1.82, 2.24) is 0 Å². The molecule has 2 rings (SSSR count). The molecule has 0 aliphatic carbocycles. The average molecular weight is 855 g/mol. The fourth-order valence-electron chi connectivity index (χ4n) is 6.82. The molecule has 0 aromatic carbocycles. The van der Waals surface area contributed by atoms with Crippen molar-refractivity contribution in [1.29, 1.82) is 0 Å². The lowest BCUT2D eigenvalue weighted by molar-refractivity contribution is -0.255. The van der Waals surface area contributed by atoms with Gasteiger partial charge in [0, 0.05) is 69.6 Å². The number of esters is 8. The third-order valence-electron chi connectivity index (χ3n) is 8.88. The summed E-state index contributed by atoms with van der Waals surface area (Å²) in [7, 11) is -1.41. The molecule has 0 bridgehead atoms. The number of hydrogen-bond acceptors (Lipinski definition) is 21. The molecule has 0 saturated carbocycles. The smallest absolute Gasteiger partial charge is 0.330 e. The maximum atomic E-state index is 13.6. The molecule has 330 valence electrons. The fraction of sp³-hybridized carbons (Fsp3) is 0.778. The summed E-state index contributed by atoms with van der Waals surface area (Å²) in [5, 5.41) is 0. The molecular formula is C36H55O21P. The quantitative estimate of drug-likeness (QED) is 0.0961. The molecule has 2 aliphatic heterocycles. The predicted molar refractivity (Wildman–Crippen MR) is 192 cm³/mol. The maximum absolute atomic E-state index is 13.6. The van der Waals surface area contributed by atoms with E-state index in [9.17, 15) is 42.9 Å². The molecule has 11 atom stereocenters. The predicted octanol–water partition coefficient (Wildman–Crippen LogP) is 1.90. The molecule has 2 heterocycles. The Balaban J connectivity index is 2.58. The van der Waals surface area contributed by atoms with E-state index in [1.165, 1.54) is 14.2 Å². The number of carbonyl (C=O) groups excluding carboxylic acids is 8. The van der Waals surface area contributed by atoms with Crippen LogP contribution in [0.25, 0.3) is 0 Å². The van der Waals surface area contributed by atoms with E-state index in [0.29, 0.717) is 0 Å². The van der Waals surface area contributed by atoms with E-state index in [-0.39, 0.29) is 31.8 Å². The van der Waals surface area contributed by atoms with Crippen LogP contribution in [0.15, 0.2) is 0 Å². The van der Waals surface area contributed by atoms with Crippen LogP contribution in [-0.4, -0.2) is 142 Å². The van der Waals surface area contributed by atoms with Crippen LogP contribution in [0, 0.1) is 5.92 Å². The lowest BCUT2D eigenvalue weighted by atomic mass is 9.86. The van der Waals surface area contributed by atoms with Crippen molar-refractivity contribution < 1.29 is 99.3 Å². The summed E-state index contributed by atoms with van der Waals surface area (Å²) in [4.78, 5) is 97.3. The molecule has 2 aliphatic rings. The van der Waals surface area contributed by atoms with Gasteiger partial charge in [0.25, 0.3) is 0 Å². The Kier molecular flexibility index (Phi) is 20.2. The monoisotopic (exact) mass is 854 g/mol. The van der Waals surface area contributed by atoms with Crippen molar-refractivity contribution in [3.05, 3.63) is 0 Å². The van der Waals surface area contributed by atoms with Gasteiger partial charge in [-0.15, -0.1) is 0 Å². The highest BCUT2D eigenvalue weighted by atomic mass is 31.2. The third-order valence-corrected chi connectivity index (χ3v) is 11.0. The normalized spacial score (nSPS) is 27.5. The van der Waals surface area contributed by atoms with Crippen LogP contribution in [0.4, 0.5) is 0 Å². The van der Waals surface area contributed by atoms with E-state index in [0.717, 1.165) is 55.4 Å². The molecule has 2 saturated heterocycles. The van der Waals surface area contributed by atoms with E-state index < -0.39 is 136 Å². The molecular weight excluding hydrogens is 799 g/mol. The molecule has 0 spiro atoms. The van der Waals surface area contributed by atoms with Gasteiger partial charge in [0.15, 0.2) is 36.6 Å². The zero-order valence-corrected chi connectivity index (χ0v) is 35.2. The van der Waals surface area contributed by atoms with Crippen molar-refractivity contribution in [2.24, 2.45) is 5.92 Å². The SMILES string of the molecule is COP(=O)(CC(CCC[C@H]1O[C@H](COC(C)=O)[C@H](OC(C)=O)[C@H](OC(C)=O)[C@H]1OC(C)=O)C[C@H]1O[C@H](COC(C)=O)[C@H](OC(C)=O)[C@H](OC(C)=O)[C@H]1OC(C)=O)OC. The molecule has 0 amide bonds. The van der Waals surface area contributed by atoms with E-state index in [4.69, 9.17) is 56.4 Å². The summed E-state index contributed by atoms with van der Waals surface area (Å²) in [5.74, 6) is -6.87. The molecule has 21 nitrogen and oxygen atoms in total. The first-order valence-electron chi connectivity index (χ1n) is 18.4. The average Bonchev–Trinajstić information content (AvgIpc) is 3.10. The van der Waals surface area contributed by atoms with Crippen molar-refractivity contribution in [3.8, 4) is 0 Å². The number of ether oxygens (including phenoxy) is 10. The van der Waals surface area contributed by atoms with Crippen LogP contribution in [-0.2, 0) is 99.3 Å². The van der Waals surface area contributed by atoms with Crippen LogP contribution in [0.2, 0.25) is 0 Å². The lowest BCUT2D eigenvalue weighted by Gasteiger charge is -2.45. The first kappa shape index (κ1) is 50.0. The zero-order valence-electron chi connectivity index (χ0n) is 34.3. The Labute approximate surface area is 336 Å². The summed E-state index contributed by atoms with van der Waals surface area (Å²) >= 11 is 0.